The van der Waals surface area contributed by atoms with Crippen LogP contribution in [0, 0.1) is 0 Å². The maximum absolute atomic E-state index is 12.0. The Kier molecular flexibility index (Phi) is 10.1. The van der Waals surface area contributed by atoms with Gasteiger partial charge in [-0.2, -0.15) is 10.2 Å². The van der Waals surface area contributed by atoms with Crippen LogP contribution in [0.15, 0.2) is 97.2 Å². The molecule has 5 heterocycles. The number of methoxy groups -OCH3 is 1. The molecule has 1 unspecified atom stereocenters. The minimum Gasteiger partial charge on any atom is -0.495 e. The summed E-state index contributed by atoms with van der Waals surface area (Å²) in [6.45, 7) is 2.12. The van der Waals surface area contributed by atoms with Crippen molar-refractivity contribution in [2.45, 2.75) is 32.1 Å². The monoisotopic (exact) mass is 926 g/mol. The fourth-order valence-electron chi connectivity index (χ4n) is 9.41. The molecule has 4 aromatic carbocycles. The minimum absolute atomic E-state index is 0.0674. The number of nitrogens with zero attached hydrogens (tertiary/aromatic N) is 8. The van der Waals surface area contributed by atoms with E-state index in [0.717, 1.165) is 71.9 Å². The lowest BCUT2D eigenvalue weighted by atomic mass is 9.84. The highest BCUT2D eigenvalue weighted by molar-refractivity contribution is 7.21. The van der Waals surface area contributed by atoms with Crippen LogP contribution >= 0.6 is 22.9 Å². The van der Waals surface area contributed by atoms with Gasteiger partial charge in [0, 0.05) is 59.2 Å². The number of benzene rings is 4. The fraction of sp³-hybridized carbons (Fsp3) is 0.160. The normalized spacial score (nSPS) is 13.7. The predicted molar refractivity (Wildman–Crippen MR) is 258 cm³/mol. The van der Waals surface area contributed by atoms with E-state index >= 15 is 0 Å². The van der Waals surface area contributed by atoms with E-state index in [4.69, 9.17) is 41.5 Å². The molecule has 0 bridgehead atoms. The van der Waals surface area contributed by atoms with Crippen molar-refractivity contribution in [2.75, 3.05) is 17.7 Å². The molecule has 0 aliphatic heterocycles. The SMILES string of the molecule is COc1cc(C(=O)O)ccc1Nc1ncc2c(n1)-c1c(nn(C)c1-c1cccc(-c3nc(Nc4cccc5cc(C(=O)O)sc45)nc4c3CCc3nn(C)c(-c5ccccc5)c3-4)c1Cl)CC2C. The first-order valence-corrected chi connectivity index (χ1v) is 22.6. The summed E-state index contributed by atoms with van der Waals surface area (Å²) in [5, 5.41) is 37.4. The number of aromatic nitrogens is 8. The van der Waals surface area contributed by atoms with E-state index in [0.29, 0.717) is 70.3 Å². The molecule has 2 aliphatic rings. The van der Waals surface area contributed by atoms with Crippen molar-refractivity contribution in [2.24, 2.45) is 14.1 Å². The van der Waals surface area contributed by atoms with Gasteiger partial charge in [0.05, 0.1) is 73.6 Å². The molecule has 0 fully saturated rings. The van der Waals surface area contributed by atoms with Crippen LogP contribution in [0.4, 0.5) is 23.3 Å². The Morgan fingerprint density at radius 3 is 2.27 bits per heavy atom. The van der Waals surface area contributed by atoms with Gasteiger partial charge >= 0.3 is 11.9 Å². The number of rotatable bonds is 10. The molecule has 67 heavy (non-hydrogen) atoms. The molecule has 17 heteroatoms. The summed E-state index contributed by atoms with van der Waals surface area (Å²) in [5.41, 5.74) is 12.9. The van der Waals surface area contributed by atoms with Crippen molar-refractivity contribution in [1.29, 1.82) is 0 Å². The Balaban J connectivity index is 1.07. The summed E-state index contributed by atoms with van der Waals surface area (Å²) < 4.78 is 10.1. The van der Waals surface area contributed by atoms with Gasteiger partial charge in [-0.15, -0.1) is 11.3 Å². The summed E-state index contributed by atoms with van der Waals surface area (Å²) in [6.07, 6.45) is 3.74. The Hall–Kier alpha value is -7.95. The number of aromatic carboxylic acids is 2. The Morgan fingerprint density at radius 1 is 0.761 bits per heavy atom. The number of anilines is 4. The van der Waals surface area contributed by atoms with Gasteiger partial charge in [0.15, 0.2) is 0 Å². The van der Waals surface area contributed by atoms with E-state index in [1.54, 1.807) is 12.1 Å². The molecule has 2 aliphatic carbocycles. The van der Waals surface area contributed by atoms with Crippen molar-refractivity contribution < 1.29 is 24.5 Å². The zero-order valence-electron chi connectivity index (χ0n) is 36.4. The highest BCUT2D eigenvalue weighted by Gasteiger charge is 2.34. The lowest BCUT2D eigenvalue weighted by Crippen LogP contribution is -2.12. The van der Waals surface area contributed by atoms with Crippen molar-refractivity contribution in [3.63, 3.8) is 0 Å². The number of ether oxygens (including phenoxy) is 1. The first kappa shape index (κ1) is 41.7. The third kappa shape index (κ3) is 7.03. The maximum Gasteiger partial charge on any atom is 0.345 e. The molecule has 0 saturated heterocycles. The molecule has 0 saturated carbocycles. The van der Waals surface area contributed by atoms with Crippen LogP contribution in [-0.4, -0.2) is 68.8 Å². The highest BCUT2D eigenvalue weighted by atomic mass is 35.5. The van der Waals surface area contributed by atoms with Gasteiger partial charge in [-0.1, -0.05) is 79.2 Å². The first-order chi connectivity index (χ1) is 32.4. The lowest BCUT2D eigenvalue weighted by molar-refractivity contribution is 0.0688. The molecule has 11 rings (SSSR count). The smallest absolute Gasteiger partial charge is 0.345 e. The van der Waals surface area contributed by atoms with E-state index in [-0.39, 0.29) is 16.4 Å². The Labute approximate surface area is 391 Å². The van der Waals surface area contributed by atoms with Gasteiger partial charge in [0.25, 0.3) is 0 Å². The van der Waals surface area contributed by atoms with E-state index in [1.165, 1.54) is 30.6 Å². The predicted octanol–water partition coefficient (Wildman–Crippen LogP) is 10.6. The van der Waals surface area contributed by atoms with Crippen LogP contribution in [0.2, 0.25) is 5.02 Å². The standard InChI is InChI=1S/C50H39ClN10O5S/c1-24-20-35-39(43-31(24)23-52-49(56-43)53-32-18-16-27(47(62)63)21-36(32)66-4)45(61(3)59-35)29-14-9-13-28(40(29)51)41-30-17-19-33-38(44(60(2)58-33)25-10-6-5-7-11-25)42(30)57-50(55-41)54-34-15-8-12-26-22-37(48(64)65)67-46(26)34/h5-16,18,21-24H,17,19-20H2,1-4H3,(H,62,63)(H,64,65)(H,52,53,56)(H,54,55,57). The molecular weight excluding hydrogens is 888 g/mol. The van der Waals surface area contributed by atoms with Gasteiger partial charge in [0.2, 0.25) is 11.9 Å². The Bertz CT molecular complexity index is 3530. The number of halogens is 1. The zero-order chi connectivity index (χ0) is 46.2. The summed E-state index contributed by atoms with van der Waals surface area (Å²) in [5.74, 6) is -1.05. The van der Waals surface area contributed by atoms with Crippen molar-refractivity contribution in [1.82, 2.24) is 39.5 Å². The minimum atomic E-state index is -1.07. The third-order valence-electron chi connectivity index (χ3n) is 12.4. The van der Waals surface area contributed by atoms with Gasteiger partial charge < -0.3 is 25.6 Å². The van der Waals surface area contributed by atoms with Crippen LogP contribution < -0.4 is 15.4 Å². The average molecular weight is 927 g/mol. The summed E-state index contributed by atoms with van der Waals surface area (Å²) in [4.78, 5) is 44.2. The number of aryl methyl sites for hydroxylation is 3. The average Bonchev–Trinajstić information content (AvgIpc) is 4.02. The number of carbonyl (C=O) groups is 2. The van der Waals surface area contributed by atoms with Gasteiger partial charge in [0.1, 0.15) is 10.6 Å². The number of fused-ring (bicyclic) bond motifs is 7. The zero-order valence-corrected chi connectivity index (χ0v) is 38.0. The summed E-state index contributed by atoms with van der Waals surface area (Å²) >= 11 is 8.90. The summed E-state index contributed by atoms with van der Waals surface area (Å²) in [6, 6.07) is 28.0. The molecule has 4 N–H and O–H groups in total. The van der Waals surface area contributed by atoms with Gasteiger partial charge in [-0.05, 0) is 60.9 Å². The van der Waals surface area contributed by atoms with Gasteiger partial charge in [-0.25, -0.2) is 29.5 Å². The van der Waals surface area contributed by atoms with Crippen LogP contribution in [0.25, 0.3) is 66.4 Å². The van der Waals surface area contributed by atoms with Crippen LogP contribution in [0.3, 0.4) is 0 Å². The topological polar surface area (TPSA) is 195 Å². The quantitative estimate of drug-likeness (QED) is 0.101. The molecule has 1 atom stereocenters. The molecule has 5 aromatic heterocycles. The number of carboxylic acid groups (broad SMARTS) is 2. The molecule has 9 aromatic rings. The molecular formula is C50H39ClN10O5S. The van der Waals surface area contributed by atoms with E-state index in [2.05, 4.69) is 34.7 Å². The first-order valence-electron chi connectivity index (χ1n) is 21.4. The number of carboxylic acids is 2. The Morgan fingerprint density at radius 2 is 1.48 bits per heavy atom. The molecule has 15 nitrogen and oxygen atoms in total. The number of thiophene rings is 1. The molecule has 0 spiro atoms. The van der Waals surface area contributed by atoms with Crippen LogP contribution in [0.1, 0.15) is 55.4 Å². The largest absolute Gasteiger partial charge is 0.495 e. The highest BCUT2D eigenvalue weighted by Crippen LogP contribution is 2.49. The van der Waals surface area contributed by atoms with E-state index in [1.807, 2.05) is 84.3 Å². The summed E-state index contributed by atoms with van der Waals surface area (Å²) in [7, 11) is 5.33. The molecule has 332 valence electrons. The second kappa shape index (κ2) is 16.2. The second-order valence-electron chi connectivity index (χ2n) is 16.6. The molecule has 0 radical (unpaired) electrons. The number of nitrogens with one attached hydrogen (secondary N) is 2. The van der Waals surface area contributed by atoms with Crippen LogP contribution in [0.5, 0.6) is 5.75 Å². The second-order valence-corrected chi connectivity index (χ2v) is 18.0. The van der Waals surface area contributed by atoms with E-state index < -0.39 is 11.9 Å². The van der Waals surface area contributed by atoms with E-state index in [9.17, 15) is 19.8 Å². The lowest BCUT2D eigenvalue weighted by Gasteiger charge is -2.23. The number of hydrogen-bond acceptors (Lipinski definition) is 12. The third-order valence-corrected chi connectivity index (χ3v) is 14.0. The number of hydrogen-bond donors (Lipinski definition) is 4. The van der Waals surface area contributed by atoms with Crippen molar-refractivity contribution >= 4 is 68.2 Å². The van der Waals surface area contributed by atoms with Gasteiger partial charge in [-0.3, -0.25) is 9.36 Å². The van der Waals surface area contributed by atoms with Crippen molar-refractivity contribution in [3.05, 3.63) is 135 Å². The van der Waals surface area contributed by atoms with Crippen LogP contribution in [-0.2, 0) is 33.4 Å². The fourth-order valence-corrected chi connectivity index (χ4v) is 10.7. The van der Waals surface area contributed by atoms with Crippen molar-refractivity contribution in [3.8, 4) is 62.0 Å². The molecule has 0 amide bonds. The maximum atomic E-state index is 12.0.